The third-order valence-corrected chi connectivity index (χ3v) is 6.04. The zero-order chi connectivity index (χ0) is 21.8. The molecule has 0 aliphatic heterocycles. The van der Waals surface area contributed by atoms with Crippen molar-refractivity contribution in [2.45, 2.75) is 25.7 Å². The molecule has 0 spiro atoms. The van der Waals surface area contributed by atoms with Crippen LogP contribution < -0.4 is 0 Å². The van der Waals surface area contributed by atoms with Crippen LogP contribution in [0, 0.1) is 0 Å². The first-order valence-electron chi connectivity index (χ1n) is 11.2. The lowest BCUT2D eigenvalue weighted by molar-refractivity contribution is 0.0926. The predicted molar refractivity (Wildman–Crippen MR) is 132 cm³/mol. The number of benzene rings is 4. The van der Waals surface area contributed by atoms with Gasteiger partial charge in [-0.15, -0.1) is 0 Å². The molecular weight excluding hydrogens is 392 g/mol. The number of hydrogen-bond donors (Lipinski definition) is 1. The average molecular weight is 421 g/mol. The molecule has 0 radical (unpaired) electrons. The summed E-state index contributed by atoms with van der Waals surface area (Å²) in [5, 5.41) is 13.7. The van der Waals surface area contributed by atoms with Gasteiger partial charge < -0.3 is 9.67 Å². The van der Waals surface area contributed by atoms with Gasteiger partial charge in [0.2, 0.25) is 0 Å². The Labute approximate surface area is 189 Å². The van der Waals surface area contributed by atoms with E-state index in [9.17, 15) is 5.11 Å². The molecule has 160 valence electrons. The van der Waals surface area contributed by atoms with Crippen molar-refractivity contribution in [2.24, 2.45) is 0 Å². The number of para-hydroxylation sites is 2. The van der Waals surface area contributed by atoms with Crippen molar-refractivity contribution in [3.8, 4) is 0 Å². The van der Waals surface area contributed by atoms with Crippen LogP contribution >= 0.6 is 0 Å². The van der Waals surface area contributed by atoms with Gasteiger partial charge in [-0.05, 0) is 23.3 Å². The van der Waals surface area contributed by atoms with E-state index >= 15 is 0 Å². The number of nitrogens with zero attached hydrogens (tertiary/aromatic N) is 2. The molecule has 0 unspecified atom stereocenters. The van der Waals surface area contributed by atoms with E-state index in [4.69, 9.17) is 0 Å². The summed E-state index contributed by atoms with van der Waals surface area (Å²) in [4.78, 5) is 2.34. The van der Waals surface area contributed by atoms with Crippen LogP contribution in [0.25, 0.3) is 21.8 Å². The van der Waals surface area contributed by atoms with Crippen LogP contribution in [0.5, 0.6) is 0 Å². The van der Waals surface area contributed by atoms with E-state index in [1.807, 2.05) is 12.1 Å². The molecule has 5 aromatic rings. The maximum atomic E-state index is 11.2. The first-order chi connectivity index (χ1) is 15.8. The molecule has 0 aliphatic rings. The Kier molecular flexibility index (Phi) is 6.02. The summed E-state index contributed by atoms with van der Waals surface area (Å²) in [5.41, 5.74) is 4.86. The summed E-state index contributed by atoms with van der Waals surface area (Å²) >= 11 is 0. The van der Waals surface area contributed by atoms with Gasteiger partial charge in [-0.3, -0.25) is 4.90 Å². The monoisotopic (exact) mass is 420 g/mol. The topological polar surface area (TPSA) is 28.4 Å². The fourth-order valence-corrected chi connectivity index (χ4v) is 4.63. The SMILES string of the molecule is O[C@H](CN(Cc1ccccc1)Cc1ccccc1)Cn1c2ccccc2c2ccccc21. The van der Waals surface area contributed by atoms with E-state index in [0.717, 1.165) is 13.1 Å². The molecule has 0 bridgehead atoms. The Balaban J connectivity index is 1.40. The van der Waals surface area contributed by atoms with Crippen LogP contribution in [0.2, 0.25) is 0 Å². The van der Waals surface area contributed by atoms with E-state index in [-0.39, 0.29) is 0 Å². The fourth-order valence-electron chi connectivity index (χ4n) is 4.63. The number of aliphatic hydroxyl groups is 1. The van der Waals surface area contributed by atoms with Gasteiger partial charge in [-0.2, -0.15) is 0 Å². The highest BCUT2D eigenvalue weighted by Crippen LogP contribution is 2.29. The Morgan fingerprint density at radius 3 is 1.53 bits per heavy atom. The molecule has 1 atom stereocenters. The van der Waals surface area contributed by atoms with Crippen molar-refractivity contribution in [3.63, 3.8) is 0 Å². The van der Waals surface area contributed by atoms with Crippen LogP contribution in [0.3, 0.4) is 0 Å². The fraction of sp³-hybridized carbons (Fsp3) is 0.172. The van der Waals surface area contributed by atoms with Crippen molar-refractivity contribution in [2.75, 3.05) is 6.54 Å². The van der Waals surface area contributed by atoms with Gasteiger partial charge in [0.15, 0.2) is 0 Å². The third kappa shape index (κ3) is 4.45. The van der Waals surface area contributed by atoms with Crippen LogP contribution in [0.4, 0.5) is 0 Å². The number of hydrogen-bond acceptors (Lipinski definition) is 2. The lowest BCUT2D eigenvalue weighted by atomic mass is 10.1. The first-order valence-corrected chi connectivity index (χ1v) is 11.2. The molecule has 1 N–H and O–H groups in total. The molecule has 0 saturated carbocycles. The van der Waals surface area contributed by atoms with Gasteiger partial charge in [0.05, 0.1) is 12.6 Å². The van der Waals surface area contributed by atoms with E-state index < -0.39 is 6.10 Å². The lowest BCUT2D eigenvalue weighted by Gasteiger charge is -2.26. The highest BCUT2D eigenvalue weighted by atomic mass is 16.3. The van der Waals surface area contributed by atoms with Crippen molar-refractivity contribution in [1.82, 2.24) is 9.47 Å². The second kappa shape index (κ2) is 9.39. The van der Waals surface area contributed by atoms with E-state index in [1.165, 1.54) is 32.9 Å². The third-order valence-electron chi connectivity index (χ3n) is 6.04. The molecule has 3 nitrogen and oxygen atoms in total. The van der Waals surface area contributed by atoms with Gasteiger partial charge in [-0.1, -0.05) is 97.1 Å². The summed E-state index contributed by atoms with van der Waals surface area (Å²) in [6, 6.07) is 37.9. The first kappa shape index (κ1) is 20.5. The van der Waals surface area contributed by atoms with Crippen LogP contribution in [0.15, 0.2) is 109 Å². The number of aliphatic hydroxyl groups excluding tert-OH is 1. The molecule has 0 aliphatic carbocycles. The van der Waals surface area contributed by atoms with Gasteiger partial charge in [0, 0.05) is 41.4 Å². The highest BCUT2D eigenvalue weighted by Gasteiger charge is 2.17. The second-order valence-corrected chi connectivity index (χ2v) is 8.44. The Morgan fingerprint density at radius 1 is 0.594 bits per heavy atom. The van der Waals surface area contributed by atoms with Crippen molar-refractivity contribution >= 4 is 21.8 Å². The predicted octanol–water partition coefficient (Wildman–Crippen LogP) is 5.86. The summed E-state index contributed by atoms with van der Waals surface area (Å²) < 4.78 is 2.26. The smallest absolute Gasteiger partial charge is 0.0846 e. The molecule has 5 rings (SSSR count). The lowest BCUT2D eigenvalue weighted by Crippen LogP contribution is -2.34. The van der Waals surface area contributed by atoms with Gasteiger partial charge in [0.1, 0.15) is 0 Å². The molecule has 32 heavy (non-hydrogen) atoms. The van der Waals surface area contributed by atoms with E-state index in [2.05, 4.69) is 107 Å². The summed E-state index contributed by atoms with van der Waals surface area (Å²) in [5.74, 6) is 0. The zero-order valence-corrected chi connectivity index (χ0v) is 18.1. The standard InChI is InChI=1S/C29H28N2O/c32-25(22-31-28-17-9-7-15-26(28)27-16-8-10-18-29(27)31)21-30(19-23-11-3-1-4-12-23)20-24-13-5-2-6-14-24/h1-18,25,32H,19-22H2/t25-/m1/s1. The number of fused-ring (bicyclic) bond motifs is 3. The summed E-state index contributed by atoms with van der Waals surface area (Å²) in [6.07, 6.45) is -0.485. The second-order valence-electron chi connectivity index (χ2n) is 8.44. The Hall–Kier alpha value is -3.40. The molecule has 1 heterocycles. The average Bonchev–Trinajstić information content (AvgIpc) is 3.14. The van der Waals surface area contributed by atoms with Gasteiger partial charge in [-0.25, -0.2) is 0 Å². The molecule has 0 amide bonds. The summed E-state index contributed by atoms with van der Waals surface area (Å²) in [6.45, 7) is 2.78. The molecule has 0 fully saturated rings. The molecule has 1 aromatic heterocycles. The van der Waals surface area contributed by atoms with Crippen molar-refractivity contribution in [1.29, 1.82) is 0 Å². The minimum Gasteiger partial charge on any atom is -0.390 e. The van der Waals surface area contributed by atoms with Crippen LogP contribution in [-0.4, -0.2) is 27.2 Å². The van der Waals surface area contributed by atoms with Crippen molar-refractivity contribution < 1.29 is 5.11 Å². The largest absolute Gasteiger partial charge is 0.390 e. The molecule has 3 heteroatoms. The molecular formula is C29H28N2O. The maximum Gasteiger partial charge on any atom is 0.0846 e. The maximum absolute atomic E-state index is 11.2. The summed E-state index contributed by atoms with van der Waals surface area (Å²) in [7, 11) is 0. The molecule has 4 aromatic carbocycles. The quantitative estimate of drug-likeness (QED) is 0.341. The van der Waals surface area contributed by atoms with E-state index in [1.54, 1.807) is 0 Å². The van der Waals surface area contributed by atoms with Crippen molar-refractivity contribution in [3.05, 3.63) is 120 Å². The number of aromatic nitrogens is 1. The zero-order valence-electron chi connectivity index (χ0n) is 18.1. The normalized spacial score (nSPS) is 12.6. The van der Waals surface area contributed by atoms with Crippen LogP contribution in [0.1, 0.15) is 11.1 Å². The van der Waals surface area contributed by atoms with Gasteiger partial charge >= 0.3 is 0 Å². The highest BCUT2D eigenvalue weighted by molar-refractivity contribution is 6.07. The van der Waals surface area contributed by atoms with E-state index in [0.29, 0.717) is 13.1 Å². The Bertz CT molecular complexity index is 1200. The Morgan fingerprint density at radius 2 is 1.03 bits per heavy atom. The minimum atomic E-state index is -0.485. The van der Waals surface area contributed by atoms with Crippen LogP contribution in [-0.2, 0) is 19.6 Å². The molecule has 0 saturated heterocycles. The minimum absolute atomic E-state index is 0.485. The number of rotatable bonds is 8. The van der Waals surface area contributed by atoms with Gasteiger partial charge in [0.25, 0.3) is 0 Å².